The average Bonchev–Trinajstić information content (AvgIpc) is 3.45. The van der Waals surface area contributed by atoms with Gasteiger partial charge in [-0.25, -0.2) is 0 Å². The fourth-order valence-corrected chi connectivity index (χ4v) is 11.8. The number of aliphatic hydroxyl groups is 1. The number of ether oxygens (including phenoxy) is 2. The number of esters is 2. The SMILES string of the molecule is CCCCCCCCCC/C=C\CCCCCCCCCCCCCCCCCCCCCCCCCCCCCC(=O)OC(CO)COC(=O)CCCCCCCCCCCCCCCCCCCCCCCCCCCC. The molecule has 5 heteroatoms. The predicted octanol–water partition coefficient (Wildman–Crippen LogP) is 25.4. The Morgan fingerprint density at radius 2 is 0.468 bits per heavy atom. The molecule has 1 atom stereocenters. The van der Waals surface area contributed by atoms with Crippen LogP contribution in [0.2, 0.25) is 0 Å². The largest absolute Gasteiger partial charge is 0.462 e. The molecular formula is C74H144O5. The fraction of sp³-hybridized carbons (Fsp3) is 0.946. The molecule has 0 spiro atoms. The summed E-state index contributed by atoms with van der Waals surface area (Å²) in [5, 5.41) is 9.70. The third-order valence-corrected chi connectivity index (χ3v) is 17.3. The molecule has 5 nitrogen and oxygen atoms in total. The molecule has 79 heavy (non-hydrogen) atoms. The van der Waals surface area contributed by atoms with Gasteiger partial charge in [0.2, 0.25) is 0 Å². The molecule has 0 aromatic rings. The summed E-state index contributed by atoms with van der Waals surface area (Å²) in [5.41, 5.74) is 0. The zero-order chi connectivity index (χ0) is 56.9. The van der Waals surface area contributed by atoms with Crippen LogP contribution in [0.15, 0.2) is 12.2 Å². The third-order valence-electron chi connectivity index (χ3n) is 17.3. The van der Waals surface area contributed by atoms with Crippen molar-refractivity contribution < 1.29 is 24.2 Å². The second kappa shape index (κ2) is 70.9. The molecule has 0 saturated carbocycles. The lowest BCUT2D eigenvalue weighted by atomic mass is 10.0. The van der Waals surface area contributed by atoms with Crippen LogP contribution >= 0.6 is 0 Å². The zero-order valence-electron chi connectivity index (χ0n) is 54.2. The Kier molecular flexibility index (Phi) is 69.7. The van der Waals surface area contributed by atoms with Crippen LogP contribution in [0.3, 0.4) is 0 Å². The highest BCUT2D eigenvalue weighted by molar-refractivity contribution is 5.70. The van der Waals surface area contributed by atoms with E-state index in [2.05, 4.69) is 26.0 Å². The van der Waals surface area contributed by atoms with Crippen molar-refractivity contribution in [2.45, 2.75) is 437 Å². The standard InChI is InChI=1S/C74H144O5/c1-3-5-7-9-11-13-15-17-19-21-23-25-27-29-31-32-33-34-35-36-37-38-39-40-41-42-43-45-47-49-51-53-55-57-59-61-63-65-67-69-74(77)79-72(70-75)71-78-73(76)68-66-64-62-60-58-56-54-52-50-48-46-44-30-28-26-24-22-20-18-16-14-12-10-8-6-4-2/h21,23,72,75H,3-20,22,24-71H2,1-2H3/b23-21-. The van der Waals surface area contributed by atoms with Gasteiger partial charge in [-0.1, -0.05) is 392 Å². The maximum absolute atomic E-state index is 12.4. The first-order chi connectivity index (χ1) is 39.1. The minimum atomic E-state index is -0.767. The lowest BCUT2D eigenvalue weighted by molar-refractivity contribution is -0.161. The molecule has 0 aliphatic rings. The number of hydrogen-bond donors (Lipinski definition) is 1. The number of carbonyl (C=O) groups is 2. The van der Waals surface area contributed by atoms with Gasteiger partial charge < -0.3 is 14.6 Å². The van der Waals surface area contributed by atoms with E-state index in [9.17, 15) is 14.7 Å². The van der Waals surface area contributed by atoms with E-state index in [1.54, 1.807) is 0 Å². The summed E-state index contributed by atoms with van der Waals surface area (Å²) >= 11 is 0. The number of carbonyl (C=O) groups excluding carboxylic acids is 2. The summed E-state index contributed by atoms with van der Waals surface area (Å²) in [6.07, 6.45) is 91.4. The maximum atomic E-state index is 12.4. The first kappa shape index (κ1) is 77.6. The first-order valence-electron chi connectivity index (χ1n) is 36.7. The van der Waals surface area contributed by atoms with Gasteiger partial charge in [0, 0.05) is 12.8 Å². The Bertz CT molecular complexity index is 1170. The molecule has 0 aromatic carbocycles. The van der Waals surface area contributed by atoms with Crippen molar-refractivity contribution in [2.75, 3.05) is 13.2 Å². The van der Waals surface area contributed by atoms with Gasteiger partial charge in [0.1, 0.15) is 6.61 Å². The van der Waals surface area contributed by atoms with Crippen LogP contribution in [0, 0.1) is 0 Å². The van der Waals surface area contributed by atoms with Crippen LogP contribution in [0.1, 0.15) is 431 Å². The Morgan fingerprint density at radius 1 is 0.278 bits per heavy atom. The van der Waals surface area contributed by atoms with Crippen LogP contribution in [0.4, 0.5) is 0 Å². The highest BCUT2D eigenvalue weighted by atomic mass is 16.6. The summed E-state index contributed by atoms with van der Waals surface area (Å²) in [6, 6.07) is 0. The monoisotopic (exact) mass is 1110 g/mol. The van der Waals surface area contributed by atoms with Gasteiger partial charge in [-0.15, -0.1) is 0 Å². The van der Waals surface area contributed by atoms with Crippen molar-refractivity contribution in [3.05, 3.63) is 12.2 Å². The number of rotatable bonds is 70. The lowest BCUT2D eigenvalue weighted by Crippen LogP contribution is -2.28. The lowest BCUT2D eigenvalue weighted by Gasteiger charge is -2.15. The van der Waals surface area contributed by atoms with Crippen LogP contribution in [-0.4, -0.2) is 36.4 Å². The minimum absolute atomic E-state index is 0.0561. The van der Waals surface area contributed by atoms with Crippen molar-refractivity contribution in [1.82, 2.24) is 0 Å². The molecule has 0 amide bonds. The normalized spacial score (nSPS) is 12.1. The molecule has 0 aliphatic heterocycles. The van der Waals surface area contributed by atoms with Gasteiger partial charge in [0.05, 0.1) is 6.61 Å². The molecule has 0 saturated heterocycles. The van der Waals surface area contributed by atoms with Gasteiger partial charge in [0.25, 0.3) is 0 Å². The maximum Gasteiger partial charge on any atom is 0.306 e. The van der Waals surface area contributed by atoms with Gasteiger partial charge in [-0.05, 0) is 38.5 Å². The molecule has 0 aromatic heterocycles. The zero-order valence-corrected chi connectivity index (χ0v) is 54.2. The number of aliphatic hydroxyl groups excluding tert-OH is 1. The molecule has 0 rings (SSSR count). The van der Waals surface area contributed by atoms with Crippen molar-refractivity contribution >= 4 is 11.9 Å². The van der Waals surface area contributed by atoms with E-state index in [0.29, 0.717) is 12.8 Å². The Morgan fingerprint density at radius 3 is 0.684 bits per heavy atom. The topological polar surface area (TPSA) is 72.8 Å². The van der Waals surface area contributed by atoms with Gasteiger partial charge >= 0.3 is 11.9 Å². The summed E-state index contributed by atoms with van der Waals surface area (Å²) in [6.45, 7) is 4.22. The summed E-state index contributed by atoms with van der Waals surface area (Å²) in [4.78, 5) is 24.7. The van der Waals surface area contributed by atoms with Gasteiger partial charge in [-0.2, -0.15) is 0 Å². The summed E-state index contributed by atoms with van der Waals surface area (Å²) in [7, 11) is 0. The smallest absolute Gasteiger partial charge is 0.306 e. The second-order valence-electron chi connectivity index (χ2n) is 25.4. The van der Waals surface area contributed by atoms with Gasteiger partial charge in [-0.3, -0.25) is 9.59 Å². The number of hydrogen-bond acceptors (Lipinski definition) is 5. The van der Waals surface area contributed by atoms with E-state index >= 15 is 0 Å². The van der Waals surface area contributed by atoms with Crippen molar-refractivity contribution in [3.8, 4) is 0 Å². The summed E-state index contributed by atoms with van der Waals surface area (Å²) < 4.78 is 10.8. The van der Waals surface area contributed by atoms with Crippen molar-refractivity contribution in [2.24, 2.45) is 0 Å². The minimum Gasteiger partial charge on any atom is -0.462 e. The van der Waals surface area contributed by atoms with Gasteiger partial charge in [0.15, 0.2) is 6.10 Å². The molecule has 0 bridgehead atoms. The molecule has 1 unspecified atom stereocenters. The van der Waals surface area contributed by atoms with Crippen LogP contribution in [-0.2, 0) is 19.1 Å². The molecule has 0 fully saturated rings. The summed E-state index contributed by atoms with van der Waals surface area (Å²) in [5.74, 6) is -0.559. The number of allylic oxidation sites excluding steroid dienone is 2. The average molecular weight is 1110 g/mol. The molecule has 470 valence electrons. The Balaban J connectivity index is 3.34. The third kappa shape index (κ3) is 69.0. The van der Waals surface area contributed by atoms with E-state index in [4.69, 9.17) is 9.47 Å². The number of unbranched alkanes of at least 4 members (excludes halogenated alkanes) is 60. The van der Waals surface area contributed by atoms with E-state index in [1.165, 1.54) is 372 Å². The first-order valence-corrected chi connectivity index (χ1v) is 36.7. The fourth-order valence-electron chi connectivity index (χ4n) is 11.8. The van der Waals surface area contributed by atoms with E-state index in [0.717, 1.165) is 32.1 Å². The van der Waals surface area contributed by atoms with E-state index in [-0.39, 0.29) is 25.2 Å². The second-order valence-corrected chi connectivity index (χ2v) is 25.4. The molecular weight excluding hydrogens is 969 g/mol. The Labute approximate surface area is 496 Å². The van der Waals surface area contributed by atoms with Crippen molar-refractivity contribution in [1.29, 1.82) is 0 Å². The molecule has 0 heterocycles. The molecule has 1 N–H and O–H groups in total. The predicted molar refractivity (Wildman–Crippen MR) is 349 cm³/mol. The quantitative estimate of drug-likeness (QED) is 0.0373. The van der Waals surface area contributed by atoms with Crippen LogP contribution in [0.25, 0.3) is 0 Å². The van der Waals surface area contributed by atoms with E-state index < -0.39 is 6.10 Å². The van der Waals surface area contributed by atoms with Crippen LogP contribution < -0.4 is 0 Å². The highest BCUT2D eigenvalue weighted by Gasteiger charge is 2.16. The van der Waals surface area contributed by atoms with Crippen molar-refractivity contribution in [3.63, 3.8) is 0 Å². The van der Waals surface area contributed by atoms with Crippen LogP contribution in [0.5, 0.6) is 0 Å². The highest BCUT2D eigenvalue weighted by Crippen LogP contribution is 2.20. The Hall–Kier alpha value is -1.36. The molecule has 0 aliphatic carbocycles. The molecule has 0 radical (unpaired) electrons. The van der Waals surface area contributed by atoms with E-state index in [1.807, 2.05) is 0 Å².